The van der Waals surface area contributed by atoms with Gasteiger partial charge in [0, 0.05) is 6.54 Å². The molecular weight excluding hydrogens is 382 g/mol. The van der Waals surface area contributed by atoms with E-state index < -0.39 is 5.41 Å². The van der Waals surface area contributed by atoms with Crippen LogP contribution in [0.15, 0.2) is 48.5 Å². The summed E-state index contributed by atoms with van der Waals surface area (Å²) >= 11 is 0. The van der Waals surface area contributed by atoms with Gasteiger partial charge in [-0.1, -0.05) is 49.2 Å². The molecule has 1 saturated carbocycles. The van der Waals surface area contributed by atoms with Crippen LogP contribution in [0.5, 0.6) is 11.5 Å². The number of hydrogen-bond donors (Lipinski definition) is 1. The molecule has 6 heteroatoms. The summed E-state index contributed by atoms with van der Waals surface area (Å²) in [5.41, 5.74) is 1.36. The fraction of sp³-hybridized carbons (Fsp3) is 0.417. The van der Waals surface area contributed by atoms with Gasteiger partial charge in [0.15, 0.2) is 18.1 Å². The van der Waals surface area contributed by atoms with Crippen molar-refractivity contribution in [2.24, 2.45) is 0 Å². The number of benzene rings is 2. The molecule has 0 heterocycles. The maximum Gasteiger partial charge on any atom is 0.317 e. The van der Waals surface area contributed by atoms with E-state index in [0.717, 1.165) is 36.8 Å². The van der Waals surface area contributed by atoms with Gasteiger partial charge < -0.3 is 19.5 Å². The lowest BCUT2D eigenvalue weighted by molar-refractivity contribution is -0.154. The van der Waals surface area contributed by atoms with Crippen molar-refractivity contribution in [2.45, 2.75) is 37.5 Å². The summed E-state index contributed by atoms with van der Waals surface area (Å²) in [5.74, 6) is 0.709. The molecule has 3 rings (SSSR count). The summed E-state index contributed by atoms with van der Waals surface area (Å²) in [6.07, 6.45) is 4.13. The first-order valence-corrected chi connectivity index (χ1v) is 10.3. The quantitative estimate of drug-likeness (QED) is 0.640. The van der Waals surface area contributed by atoms with Crippen molar-refractivity contribution in [2.75, 3.05) is 27.4 Å². The zero-order valence-electron chi connectivity index (χ0n) is 17.6. The van der Waals surface area contributed by atoms with Gasteiger partial charge in [0.2, 0.25) is 0 Å². The summed E-state index contributed by atoms with van der Waals surface area (Å²) < 4.78 is 15.9. The lowest BCUT2D eigenvalue weighted by Crippen LogP contribution is -2.38. The molecule has 0 bridgehead atoms. The highest BCUT2D eigenvalue weighted by Crippen LogP contribution is 2.42. The average Bonchev–Trinajstić information content (AvgIpc) is 3.29. The van der Waals surface area contributed by atoms with E-state index in [1.54, 1.807) is 14.2 Å². The number of hydrogen-bond acceptors (Lipinski definition) is 5. The fourth-order valence-electron chi connectivity index (χ4n) is 4.05. The molecule has 1 N–H and O–H groups in total. The summed E-state index contributed by atoms with van der Waals surface area (Å²) in [6.45, 7) is 0.176. The summed E-state index contributed by atoms with van der Waals surface area (Å²) in [7, 11) is 3.18. The normalized spacial score (nSPS) is 14.7. The molecule has 0 radical (unpaired) electrons. The monoisotopic (exact) mass is 411 g/mol. The predicted octanol–water partition coefficient (Wildman–Crippen LogP) is 3.42. The van der Waals surface area contributed by atoms with Crippen molar-refractivity contribution in [3.05, 3.63) is 59.7 Å². The van der Waals surface area contributed by atoms with Gasteiger partial charge in [0.25, 0.3) is 5.91 Å². The fourth-order valence-corrected chi connectivity index (χ4v) is 4.05. The molecule has 0 saturated heterocycles. The van der Waals surface area contributed by atoms with Crippen LogP contribution in [0.25, 0.3) is 0 Å². The smallest absolute Gasteiger partial charge is 0.317 e. The number of ether oxygens (including phenoxy) is 3. The van der Waals surface area contributed by atoms with Crippen molar-refractivity contribution in [3.63, 3.8) is 0 Å². The number of amides is 1. The minimum atomic E-state index is -0.624. The molecule has 6 nitrogen and oxygen atoms in total. The molecule has 1 aliphatic rings. The second-order valence-corrected chi connectivity index (χ2v) is 7.52. The highest BCUT2D eigenvalue weighted by molar-refractivity contribution is 5.86. The summed E-state index contributed by atoms with van der Waals surface area (Å²) in [6, 6.07) is 15.4. The van der Waals surface area contributed by atoms with Crippen molar-refractivity contribution in [3.8, 4) is 11.5 Å². The molecule has 30 heavy (non-hydrogen) atoms. The van der Waals surface area contributed by atoms with Crippen molar-refractivity contribution >= 4 is 11.9 Å². The number of carbonyl (C=O) groups is 2. The number of esters is 1. The van der Waals surface area contributed by atoms with Gasteiger partial charge in [-0.2, -0.15) is 0 Å². The van der Waals surface area contributed by atoms with Crippen LogP contribution in [0.4, 0.5) is 0 Å². The maximum atomic E-state index is 12.9. The number of rotatable bonds is 9. The second-order valence-electron chi connectivity index (χ2n) is 7.52. The molecule has 2 aromatic carbocycles. The van der Waals surface area contributed by atoms with Crippen LogP contribution >= 0.6 is 0 Å². The van der Waals surface area contributed by atoms with E-state index in [-0.39, 0.29) is 18.5 Å². The Morgan fingerprint density at radius 2 is 1.67 bits per heavy atom. The minimum Gasteiger partial charge on any atom is -0.493 e. The largest absolute Gasteiger partial charge is 0.493 e. The van der Waals surface area contributed by atoms with E-state index in [9.17, 15) is 9.59 Å². The second kappa shape index (κ2) is 10.1. The molecule has 0 aromatic heterocycles. The molecule has 0 spiro atoms. The van der Waals surface area contributed by atoms with Gasteiger partial charge in [-0.3, -0.25) is 9.59 Å². The number of nitrogens with one attached hydrogen (secondary N) is 1. The first-order chi connectivity index (χ1) is 14.6. The van der Waals surface area contributed by atoms with Crippen LogP contribution in [0, 0.1) is 0 Å². The Balaban J connectivity index is 1.49. The Labute approximate surface area is 177 Å². The maximum absolute atomic E-state index is 12.9. The number of carbonyl (C=O) groups excluding carboxylic acids is 2. The average molecular weight is 411 g/mol. The van der Waals surface area contributed by atoms with E-state index in [1.807, 2.05) is 48.5 Å². The Morgan fingerprint density at radius 1 is 0.967 bits per heavy atom. The van der Waals surface area contributed by atoms with E-state index in [2.05, 4.69) is 5.32 Å². The first kappa shape index (κ1) is 21.7. The third-order valence-corrected chi connectivity index (χ3v) is 5.69. The van der Waals surface area contributed by atoms with Crippen LogP contribution in [-0.2, 0) is 26.2 Å². The zero-order chi connectivity index (χ0) is 21.4. The minimum absolute atomic E-state index is 0.265. The molecule has 1 fully saturated rings. The van der Waals surface area contributed by atoms with Crippen LogP contribution in [0.2, 0.25) is 0 Å². The van der Waals surface area contributed by atoms with Crippen molar-refractivity contribution in [1.29, 1.82) is 0 Å². The Kier molecular flexibility index (Phi) is 7.33. The lowest BCUT2D eigenvalue weighted by atomic mass is 9.79. The summed E-state index contributed by atoms with van der Waals surface area (Å²) in [5, 5.41) is 2.81. The van der Waals surface area contributed by atoms with Crippen LogP contribution in [0.1, 0.15) is 36.8 Å². The lowest BCUT2D eigenvalue weighted by Gasteiger charge is -2.27. The highest BCUT2D eigenvalue weighted by atomic mass is 16.5. The molecular formula is C24H29NO5. The van der Waals surface area contributed by atoms with Gasteiger partial charge in [-0.25, -0.2) is 0 Å². The first-order valence-electron chi connectivity index (χ1n) is 10.3. The van der Waals surface area contributed by atoms with Crippen molar-refractivity contribution < 1.29 is 23.8 Å². The topological polar surface area (TPSA) is 73.9 Å². The van der Waals surface area contributed by atoms with E-state index in [4.69, 9.17) is 14.2 Å². The summed E-state index contributed by atoms with van der Waals surface area (Å²) in [4.78, 5) is 25.1. The zero-order valence-corrected chi connectivity index (χ0v) is 17.6. The molecule has 1 amide bonds. The third kappa shape index (κ3) is 4.93. The molecule has 0 aliphatic heterocycles. The van der Waals surface area contributed by atoms with Gasteiger partial charge in [0.05, 0.1) is 19.6 Å². The molecule has 1 aliphatic carbocycles. The van der Waals surface area contributed by atoms with E-state index >= 15 is 0 Å². The Morgan fingerprint density at radius 3 is 2.33 bits per heavy atom. The Bertz CT molecular complexity index is 859. The van der Waals surface area contributed by atoms with Gasteiger partial charge in [-0.05, 0) is 42.5 Å². The van der Waals surface area contributed by atoms with Gasteiger partial charge >= 0.3 is 5.97 Å². The molecule has 2 aromatic rings. The van der Waals surface area contributed by atoms with Crippen LogP contribution in [-0.4, -0.2) is 39.2 Å². The predicted molar refractivity (Wildman–Crippen MR) is 114 cm³/mol. The Hall–Kier alpha value is -3.02. The van der Waals surface area contributed by atoms with Crippen LogP contribution < -0.4 is 14.8 Å². The van der Waals surface area contributed by atoms with Crippen molar-refractivity contribution in [1.82, 2.24) is 5.32 Å². The molecule has 0 atom stereocenters. The van der Waals surface area contributed by atoms with Crippen LogP contribution in [0.3, 0.4) is 0 Å². The SMILES string of the molecule is COc1ccc(CCNC(=O)COC(=O)C2(c3ccccc3)CCCC2)cc1OC. The van der Waals surface area contributed by atoms with E-state index in [1.165, 1.54) is 0 Å². The third-order valence-electron chi connectivity index (χ3n) is 5.69. The molecule has 160 valence electrons. The van der Waals surface area contributed by atoms with Gasteiger partial charge in [0.1, 0.15) is 0 Å². The number of methoxy groups -OCH3 is 2. The highest BCUT2D eigenvalue weighted by Gasteiger charge is 2.44. The standard InChI is InChI=1S/C24H29NO5/c1-28-20-11-10-18(16-21(20)29-2)12-15-25-22(26)17-30-23(27)24(13-6-7-14-24)19-8-4-3-5-9-19/h3-5,8-11,16H,6-7,12-15,17H2,1-2H3,(H,25,26). The van der Waals surface area contributed by atoms with Gasteiger partial charge in [-0.15, -0.1) is 0 Å². The van der Waals surface area contributed by atoms with E-state index in [0.29, 0.717) is 24.5 Å². The molecule has 0 unspecified atom stereocenters.